The maximum Gasteiger partial charge on any atom is 0.191 e. The molecule has 0 bridgehead atoms. The Balaban J connectivity index is 3.23. The summed E-state index contributed by atoms with van der Waals surface area (Å²) in [5.74, 6) is 0. The first-order valence-electron chi connectivity index (χ1n) is 1.49. The van der Waals surface area contributed by atoms with E-state index in [1.807, 2.05) is 0 Å². The maximum atomic E-state index is 4.52. The first-order chi connectivity index (χ1) is 2.81. The minimum absolute atomic E-state index is 0.440. The van der Waals surface area contributed by atoms with E-state index >= 15 is 0 Å². The van der Waals surface area contributed by atoms with Gasteiger partial charge < -0.3 is 5.32 Å². The first-order valence-corrected chi connectivity index (χ1v) is 1.90. The number of nitrogens with zero attached hydrogens (tertiary/aromatic N) is 1. The van der Waals surface area contributed by atoms with Gasteiger partial charge in [-0.05, 0) is 18.9 Å². The molecule has 3 heteroatoms. The van der Waals surface area contributed by atoms with E-state index < -0.39 is 0 Å². The molecule has 0 spiro atoms. The largest absolute Gasteiger partial charge is 0.364 e. The number of nitrogens with one attached hydrogen (secondary N) is 1. The van der Waals surface area contributed by atoms with E-state index in [-0.39, 0.29) is 0 Å². The summed E-state index contributed by atoms with van der Waals surface area (Å²) in [6.07, 6.45) is 0. The van der Waals surface area contributed by atoms with Crippen molar-refractivity contribution in [2.75, 3.05) is 7.05 Å². The van der Waals surface area contributed by atoms with Crippen LogP contribution in [0.5, 0.6) is 0 Å². The molecular formula is C3H6N2S. The predicted octanol–water partition coefficient (Wildman–Crippen LogP) is 0.191. The van der Waals surface area contributed by atoms with Crippen molar-refractivity contribution in [1.29, 1.82) is 0 Å². The zero-order valence-electron chi connectivity index (χ0n) is 3.56. The van der Waals surface area contributed by atoms with Crippen molar-refractivity contribution < 1.29 is 0 Å². The summed E-state index contributed by atoms with van der Waals surface area (Å²) < 4.78 is 0. The van der Waals surface area contributed by atoms with E-state index in [1.54, 1.807) is 7.05 Å². The fraction of sp³-hybridized carbons (Fsp3) is 0.333. The molecule has 1 N–H and O–H groups in total. The van der Waals surface area contributed by atoms with E-state index in [1.165, 1.54) is 0 Å². The van der Waals surface area contributed by atoms with Gasteiger partial charge in [0.05, 0.1) is 0 Å². The zero-order valence-corrected chi connectivity index (χ0v) is 4.38. The van der Waals surface area contributed by atoms with Gasteiger partial charge in [0.15, 0.2) is 5.11 Å². The summed E-state index contributed by atoms with van der Waals surface area (Å²) in [5, 5.41) is 3.06. The molecule has 0 unspecified atom stereocenters. The van der Waals surface area contributed by atoms with Crippen LogP contribution in [0.15, 0.2) is 4.99 Å². The van der Waals surface area contributed by atoms with Crippen molar-refractivity contribution in [2.24, 2.45) is 4.99 Å². The topological polar surface area (TPSA) is 24.4 Å². The van der Waals surface area contributed by atoms with Crippen LogP contribution in [0.2, 0.25) is 0 Å². The second-order valence-corrected chi connectivity index (χ2v) is 1.10. The highest BCUT2D eigenvalue weighted by atomic mass is 32.1. The number of hydrogen-bond acceptors (Lipinski definition) is 1. The number of rotatable bonds is 0. The maximum absolute atomic E-state index is 4.52. The van der Waals surface area contributed by atoms with E-state index in [9.17, 15) is 0 Å². The van der Waals surface area contributed by atoms with Gasteiger partial charge in [-0.1, -0.05) is 0 Å². The van der Waals surface area contributed by atoms with Crippen LogP contribution in [-0.4, -0.2) is 18.9 Å². The van der Waals surface area contributed by atoms with Crippen LogP contribution in [0.25, 0.3) is 0 Å². The number of thiocarbonyl (C=S) groups is 1. The molecule has 0 aromatic rings. The Bertz CT molecular complexity index is 69.2. The molecule has 0 fully saturated rings. The SMILES string of the molecule is C=NC(=S)NC. The molecule has 2 nitrogen and oxygen atoms in total. The summed E-state index contributed by atoms with van der Waals surface area (Å²) in [7, 11) is 1.71. The average Bonchev–Trinajstić information content (AvgIpc) is 1.65. The Hall–Kier alpha value is -0.440. The molecule has 0 saturated carbocycles. The molecule has 6 heavy (non-hydrogen) atoms. The van der Waals surface area contributed by atoms with E-state index in [2.05, 4.69) is 29.2 Å². The molecule has 0 aromatic carbocycles. The van der Waals surface area contributed by atoms with Crippen molar-refractivity contribution in [3.05, 3.63) is 0 Å². The lowest BCUT2D eigenvalue weighted by Gasteiger charge is -1.86. The highest BCUT2D eigenvalue weighted by Gasteiger charge is 1.73. The molecule has 0 aliphatic heterocycles. The van der Waals surface area contributed by atoms with Gasteiger partial charge in [0.1, 0.15) is 0 Å². The lowest BCUT2D eigenvalue weighted by atomic mass is 11.1. The molecule has 0 atom stereocenters. The van der Waals surface area contributed by atoms with Crippen molar-refractivity contribution in [3.63, 3.8) is 0 Å². The normalized spacial score (nSPS) is 6.83. The Morgan fingerprint density at radius 2 is 2.50 bits per heavy atom. The number of aliphatic imine (C=N–C) groups is 1. The van der Waals surface area contributed by atoms with Gasteiger partial charge in [-0.2, -0.15) is 0 Å². The van der Waals surface area contributed by atoms with Crippen molar-refractivity contribution >= 4 is 24.0 Å². The molecule has 0 saturated heterocycles. The van der Waals surface area contributed by atoms with Gasteiger partial charge in [0, 0.05) is 7.05 Å². The van der Waals surface area contributed by atoms with Gasteiger partial charge in [0.2, 0.25) is 0 Å². The quantitative estimate of drug-likeness (QED) is 0.349. The average molecular weight is 102 g/mol. The summed E-state index contributed by atoms with van der Waals surface area (Å²) in [4.78, 5) is 3.38. The van der Waals surface area contributed by atoms with Gasteiger partial charge >= 0.3 is 0 Å². The Morgan fingerprint density at radius 1 is 2.00 bits per heavy atom. The first kappa shape index (κ1) is 5.56. The molecule has 0 aromatic heterocycles. The monoisotopic (exact) mass is 102 g/mol. The molecular weight excluding hydrogens is 96.1 g/mol. The Morgan fingerprint density at radius 3 is 2.50 bits per heavy atom. The smallest absolute Gasteiger partial charge is 0.191 e. The van der Waals surface area contributed by atoms with Gasteiger partial charge in [-0.15, -0.1) is 0 Å². The van der Waals surface area contributed by atoms with Crippen LogP contribution in [0.1, 0.15) is 0 Å². The second-order valence-electron chi connectivity index (χ2n) is 0.713. The highest BCUT2D eigenvalue weighted by molar-refractivity contribution is 7.80. The van der Waals surface area contributed by atoms with E-state index in [4.69, 9.17) is 0 Å². The fourth-order valence-electron chi connectivity index (χ4n) is 0.0791. The van der Waals surface area contributed by atoms with Crippen molar-refractivity contribution in [3.8, 4) is 0 Å². The predicted molar refractivity (Wildman–Crippen MR) is 31.2 cm³/mol. The van der Waals surface area contributed by atoms with Crippen LogP contribution in [-0.2, 0) is 0 Å². The van der Waals surface area contributed by atoms with E-state index in [0.29, 0.717) is 5.11 Å². The van der Waals surface area contributed by atoms with Gasteiger partial charge in [0.25, 0.3) is 0 Å². The molecule has 0 aliphatic carbocycles. The Labute approximate surface area is 42.3 Å². The Kier molecular flexibility index (Phi) is 2.58. The summed E-state index contributed by atoms with van der Waals surface area (Å²) in [6.45, 7) is 3.18. The standard InChI is InChI=1S/C3H6N2S/c1-4-3(6)5-2/h1H2,2H3,(H,5,6). The lowest BCUT2D eigenvalue weighted by molar-refractivity contribution is 1.18. The molecule has 34 valence electrons. The van der Waals surface area contributed by atoms with Crippen molar-refractivity contribution in [2.45, 2.75) is 0 Å². The van der Waals surface area contributed by atoms with Crippen LogP contribution < -0.4 is 5.32 Å². The van der Waals surface area contributed by atoms with Crippen LogP contribution in [0, 0.1) is 0 Å². The van der Waals surface area contributed by atoms with E-state index in [0.717, 1.165) is 0 Å². The molecule has 0 rings (SSSR count). The third kappa shape index (κ3) is 1.84. The molecule has 0 radical (unpaired) electrons. The fourth-order valence-corrected chi connectivity index (χ4v) is 0.0791. The highest BCUT2D eigenvalue weighted by Crippen LogP contribution is 1.63. The summed E-state index contributed by atoms with van der Waals surface area (Å²) in [5.41, 5.74) is 0. The van der Waals surface area contributed by atoms with Crippen LogP contribution in [0.3, 0.4) is 0 Å². The van der Waals surface area contributed by atoms with Crippen molar-refractivity contribution in [1.82, 2.24) is 5.32 Å². The molecule has 0 amide bonds. The molecule has 0 heterocycles. The van der Waals surface area contributed by atoms with Crippen LogP contribution >= 0.6 is 12.2 Å². The minimum Gasteiger partial charge on any atom is -0.364 e. The summed E-state index contributed by atoms with van der Waals surface area (Å²) >= 11 is 4.52. The third-order valence-corrected chi connectivity index (χ3v) is 0.691. The number of hydrogen-bond donors (Lipinski definition) is 1. The van der Waals surface area contributed by atoms with Gasteiger partial charge in [-0.25, -0.2) is 4.99 Å². The minimum atomic E-state index is 0.440. The second kappa shape index (κ2) is 2.78. The summed E-state index contributed by atoms with van der Waals surface area (Å²) in [6, 6.07) is 0. The third-order valence-electron chi connectivity index (χ3n) is 0.357. The zero-order chi connectivity index (χ0) is 4.99. The molecule has 0 aliphatic rings. The van der Waals surface area contributed by atoms with Gasteiger partial charge in [-0.3, -0.25) is 0 Å². The lowest BCUT2D eigenvalue weighted by Crippen LogP contribution is -2.10. The van der Waals surface area contributed by atoms with Crippen LogP contribution in [0.4, 0.5) is 0 Å².